The SMILES string of the molecule is CCCCOCCOCc1occc1CNCCC. The Hall–Kier alpha value is -0.840. The second-order valence-corrected chi connectivity index (χ2v) is 4.56. The van der Waals surface area contributed by atoms with Crippen LogP contribution >= 0.6 is 0 Å². The van der Waals surface area contributed by atoms with Gasteiger partial charge in [-0.2, -0.15) is 0 Å². The molecular weight excluding hydrogens is 242 g/mol. The maximum absolute atomic E-state index is 5.56. The van der Waals surface area contributed by atoms with Crippen molar-refractivity contribution in [2.75, 3.05) is 26.4 Å². The molecule has 0 aliphatic carbocycles. The standard InChI is InChI=1S/C15H27NO3/c1-3-5-8-17-10-11-18-13-15-14(6-9-19-15)12-16-7-4-2/h6,9,16H,3-5,7-8,10-13H2,1-2H3. The van der Waals surface area contributed by atoms with E-state index < -0.39 is 0 Å². The molecular formula is C15H27NO3. The van der Waals surface area contributed by atoms with E-state index in [2.05, 4.69) is 19.2 Å². The van der Waals surface area contributed by atoms with E-state index >= 15 is 0 Å². The van der Waals surface area contributed by atoms with Crippen LogP contribution in [0.15, 0.2) is 16.7 Å². The summed E-state index contributed by atoms with van der Waals surface area (Å²) in [5, 5.41) is 3.36. The van der Waals surface area contributed by atoms with Gasteiger partial charge in [-0.1, -0.05) is 20.3 Å². The van der Waals surface area contributed by atoms with Crippen LogP contribution in [0.4, 0.5) is 0 Å². The van der Waals surface area contributed by atoms with Crippen LogP contribution in [0, 0.1) is 0 Å². The highest BCUT2D eigenvalue weighted by Crippen LogP contribution is 2.11. The van der Waals surface area contributed by atoms with Gasteiger partial charge in [-0.15, -0.1) is 0 Å². The highest BCUT2D eigenvalue weighted by atomic mass is 16.5. The lowest BCUT2D eigenvalue weighted by Gasteiger charge is -2.06. The quantitative estimate of drug-likeness (QED) is 0.592. The maximum Gasteiger partial charge on any atom is 0.133 e. The van der Waals surface area contributed by atoms with Crippen molar-refractivity contribution < 1.29 is 13.9 Å². The number of rotatable bonds is 12. The average Bonchev–Trinajstić information content (AvgIpc) is 2.86. The molecule has 0 aromatic carbocycles. The molecule has 0 bridgehead atoms. The molecule has 0 spiro atoms. The van der Waals surface area contributed by atoms with Gasteiger partial charge in [-0.25, -0.2) is 0 Å². The van der Waals surface area contributed by atoms with Crippen molar-refractivity contribution in [3.05, 3.63) is 23.7 Å². The summed E-state index contributed by atoms with van der Waals surface area (Å²) in [6.07, 6.45) is 5.14. The topological polar surface area (TPSA) is 43.6 Å². The molecule has 1 aromatic rings. The molecule has 1 aromatic heterocycles. The highest BCUT2D eigenvalue weighted by Gasteiger charge is 2.05. The van der Waals surface area contributed by atoms with Crippen molar-refractivity contribution in [3.63, 3.8) is 0 Å². The molecule has 4 heteroatoms. The molecule has 19 heavy (non-hydrogen) atoms. The number of ether oxygens (including phenoxy) is 2. The van der Waals surface area contributed by atoms with Gasteiger partial charge in [-0.05, 0) is 25.5 Å². The summed E-state index contributed by atoms with van der Waals surface area (Å²) in [4.78, 5) is 0. The smallest absolute Gasteiger partial charge is 0.133 e. The molecule has 0 aliphatic heterocycles. The van der Waals surface area contributed by atoms with Crippen molar-refractivity contribution in [2.45, 2.75) is 46.3 Å². The predicted octanol–water partition coefficient (Wildman–Crippen LogP) is 3.11. The molecule has 0 radical (unpaired) electrons. The molecule has 4 nitrogen and oxygen atoms in total. The zero-order valence-corrected chi connectivity index (χ0v) is 12.2. The van der Waals surface area contributed by atoms with Crippen molar-refractivity contribution in [1.82, 2.24) is 5.32 Å². The van der Waals surface area contributed by atoms with Gasteiger partial charge in [0.2, 0.25) is 0 Å². The third kappa shape index (κ3) is 7.35. The lowest BCUT2D eigenvalue weighted by atomic mass is 10.2. The van der Waals surface area contributed by atoms with E-state index in [0.717, 1.165) is 38.3 Å². The Balaban J connectivity index is 2.10. The summed E-state index contributed by atoms with van der Waals surface area (Å²) in [6, 6.07) is 2.00. The van der Waals surface area contributed by atoms with Gasteiger partial charge in [0.1, 0.15) is 12.4 Å². The van der Waals surface area contributed by atoms with Crippen molar-refractivity contribution >= 4 is 0 Å². The lowest BCUT2D eigenvalue weighted by Crippen LogP contribution is -2.14. The van der Waals surface area contributed by atoms with Gasteiger partial charge < -0.3 is 19.2 Å². The van der Waals surface area contributed by atoms with E-state index in [1.807, 2.05) is 6.07 Å². The first-order valence-corrected chi connectivity index (χ1v) is 7.29. The van der Waals surface area contributed by atoms with E-state index in [-0.39, 0.29) is 0 Å². The van der Waals surface area contributed by atoms with Crippen molar-refractivity contribution in [1.29, 1.82) is 0 Å². The van der Waals surface area contributed by atoms with Crippen LogP contribution in [0.3, 0.4) is 0 Å². The fourth-order valence-electron chi connectivity index (χ4n) is 1.68. The molecule has 1 N–H and O–H groups in total. The van der Waals surface area contributed by atoms with E-state index in [0.29, 0.717) is 19.8 Å². The van der Waals surface area contributed by atoms with Gasteiger partial charge in [0.15, 0.2) is 0 Å². The largest absolute Gasteiger partial charge is 0.467 e. The van der Waals surface area contributed by atoms with Crippen molar-refractivity contribution in [2.24, 2.45) is 0 Å². The Bertz CT molecular complexity index is 312. The Morgan fingerprint density at radius 2 is 1.95 bits per heavy atom. The summed E-state index contributed by atoms with van der Waals surface area (Å²) in [6.45, 7) is 8.80. The summed E-state index contributed by atoms with van der Waals surface area (Å²) in [5.74, 6) is 0.914. The lowest BCUT2D eigenvalue weighted by molar-refractivity contribution is 0.0336. The van der Waals surface area contributed by atoms with Gasteiger partial charge in [0.25, 0.3) is 0 Å². The number of unbranched alkanes of at least 4 members (excludes halogenated alkanes) is 1. The molecule has 1 heterocycles. The molecule has 0 atom stereocenters. The van der Waals surface area contributed by atoms with Gasteiger partial charge in [0.05, 0.1) is 19.5 Å². The summed E-state index contributed by atoms with van der Waals surface area (Å²) in [7, 11) is 0. The van der Waals surface area contributed by atoms with Crippen molar-refractivity contribution in [3.8, 4) is 0 Å². The normalized spacial score (nSPS) is 11.1. The summed E-state index contributed by atoms with van der Waals surface area (Å²) >= 11 is 0. The van der Waals surface area contributed by atoms with E-state index in [9.17, 15) is 0 Å². The third-order valence-electron chi connectivity index (χ3n) is 2.83. The van der Waals surface area contributed by atoms with Crippen LogP contribution in [-0.4, -0.2) is 26.4 Å². The summed E-state index contributed by atoms with van der Waals surface area (Å²) < 4.78 is 16.4. The van der Waals surface area contributed by atoms with E-state index in [1.54, 1.807) is 6.26 Å². The minimum atomic E-state index is 0.521. The zero-order chi connectivity index (χ0) is 13.8. The third-order valence-corrected chi connectivity index (χ3v) is 2.83. The first-order valence-electron chi connectivity index (χ1n) is 7.29. The minimum Gasteiger partial charge on any atom is -0.467 e. The fourth-order valence-corrected chi connectivity index (χ4v) is 1.68. The van der Waals surface area contributed by atoms with Gasteiger partial charge in [0, 0.05) is 18.7 Å². The maximum atomic E-state index is 5.56. The first-order chi connectivity index (χ1) is 9.38. The summed E-state index contributed by atoms with van der Waals surface area (Å²) in [5.41, 5.74) is 1.18. The van der Waals surface area contributed by atoms with E-state index in [1.165, 1.54) is 12.0 Å². The Morgan fingerprint density at radius 3 is 2.74 bits per heavy atom. The van der Waals surface area contributed by atoms with Crippen LogP contribution < -0.4 is 5.32 Å². The molecule has 0 aliphatic rings. The predicted molar refractivity (Wildman–Crippen MR) is 76.1 cm³/mol. The Morgan fingerprint density at radius 1 is 1.11 bits per heavy atom. The number of nitrogens with one attached hydrogen (secondary N) is 1. The molecule has 110 valence electrons. The zero-order valence-electron chi connectivity index (χ0n) is 12.2. The molecule has 0 fully saturated rings. The Kier molecular flexibility index (Phi) is 9.41. The molecule has 0 amide bonds. The molecule has 1 rings (SSSR count). The molecule has 0 unspecified atom stereocenters. The van der Waals surface area contributed by atoms with E-state index in [4.69, 9.17) is 13.9 Å². The van der Waals surface area contributed by atoms with Crippen LogP contribution in [0.2, 0.25) is 0 Å². The van der Waals surface area contributed by atoms with Crippen LogP contribution in [-0.2, 0) is 22.6 Å². The van der Waals surface area contributed by atoms with Crippen LogP contribution in [0.25, 0.3) is 0 Å². The first kappa shape index (κ1) is 16.2. The second-order valence-electron chi connectivity index (χ2n) is 4.56. The highest BCUT2D eigenvalue weighted by molar-refractivity contribution is 5.16. The van der Waals surface area contributed by atoms with Gasteiger partial charge >= 0.3 is 0 Å². The molecule has 0 saturated heterocycles. The van der Waals surface area contributed by atoms with Crippen LogP contribution in [0.1, 0.15) is 44.4 Å². The molecule has 0 saturated carbocycles. The number of furan rings is 1. The van der Waals surface area contributed by atoms with Crippen LogP contribution in [0.5, 0.6) is 0 Å². The monoisotopic (exact) mass is 269 g/mol. The number of hydrogen-bond donors (Lipinski definition) is 1. The average molecular weight is 269 g/mol. The minimum absolute atomic E-state index is 0.521. The number of hydrogen-bond acceptors (Lipinski definition) is 4. The fraction of sp³-hybridized carbons (Fsp3) is 0.733. The Labute approximate surface area is 116 Å². The van der Waals surface area contributed by atoms with Gasteiger partial charge in [-0.3, -0.25) is 0 Å². The second kappa shape index (κ2) is 11.0.